The summed E-state index contributed by atoms with van der Waals surface area (Å²) in [5.74, 6) is 0.171. The molecule has 0 atom stereocenters. The van der Waals surface area contributed by atoms with Crippen LogP contribution < -0.4 is 5.32 Å². The number of rotatable bonds is 16. The summed E-state index contributed by atoms with van der Waals surface area (Å²) in [7, 11) is 0. The highest BCUT2D eigenvalue weighted by Crippen LogP contribution is 2.35. The fourth-order valence-corrected chi connectivity index (χ4v) is 4.18. The normalized spacial score (nSPS) is 11.2. The number of halogens is 1. The Morgan fingerprint density at radius 2 is 1.24 bits per heavy atom. The van der Waals surface area contributed by atoms with E-state index in [1.54, 1.807) is 6.07 Å². The summed E-state index contributed by atoms with van der Waals surface area (Å²) >= 11 is 6.02. The number of unbranched alkanes of at least 4 members (excludes halogenated alkanes) is 13. The zero-order valence-electron chi connectivity index (χ0n) is 18.3. The van der Waals surface area contributed by atoms with Crippen molar-refractivity contribution in [1.29, 1.82) is 0 Å². The lowest BCUT2D eigenvalue weighted by atomic mass is 10.0. The predicted octanol–water partition coefficient (Wildman–Crippen LogP) is 9.09. The summed E-state index contributed by atoms with van der Waals surface area (Å²) in [6, 6.07) is 9.68. The summed E-state index contributed by atoms with van der Waals surface area (Å²) in [6.45, 7) is 3.26. The lowest BCUT2D eigenvalue weighted by Gasteiger charge is -2.11. The van der Waals surface area contributed by atoms with Crippen LogP contribution in [0.2, 0.25) is 5.02 Å². The van der Waals surface area contributed by atoms with E-state index in [0.717, 1.165) is 23.0 Å². The molecule has 0 aromatic heterocycles. The Kier molecular flexibility index (Phi) is 12.0. The van der Waals surface area contributed by atoms with Crippen LogP contribution in [0, 0.1) is 0 Å². The molecule has 2 aromatic rings. The number of phenols is 1. The summed E-state index contributed by atoms with van der Waals surface area (Å²) in [4.78, 5) is 0. The van der Waals surface area contributed by atoms with E-state index >= 15 is 0 Å². The third-order valence-electron chi connectivity index (χ3n) is 5.83. The molecule has 0 heterocycles. The molecule has 0 amide bonds. The number of anilines is 1. The quantitative estimate of drug-likeness (QED) is 0.267. The third kappa shape index (κ3) is 8.86. The number of nitrogens with one attached hydrogen (secondary N) is 1. The molecular weight excluding hydrogens is 378 g/mol. The van der Waals surface area contributed by atoms with E-state index in [9.17, 15) is 5.11 Å². The maximum absolute atomic E-state index is 10.1. The van der Waals surface area contributed by atoms with Crippen LogP contribution in [0.1, 0.15) is 96.8 Å². The van der Waals surface area contributed by atoms with Crippen molar-refractivity contribution in [3.05, 3.63) is 35.4 Å². The first kappa shape index (κ1) is 23.9. The number of fused-ring (bicyclic) bond motifs is 1. The Bertz CT molecular complexity index is 700. The SMILES string of the molecule is CCCCCCCCCCCCCCCCNc1cccc2c(O)c(Cl)ccc12. The Morgan fingerprint density at radius 1 is 0.690 bits per heavy atom. The predicted molar refractivity (Wildman–Crippen MR) is 129 cm³/mol. The second kappa shape index (κ2) is 14.6. The number of phenolic OH excluding ortho intramolecular Hbond substituents is 1. The van der Waals surface area contributed by atoms with Gasteiger partial charge in [0, 0.05) is 23.0 Å². The molecule has 2 rings (SSSR count). The molecule has 2 nitrogen and oxygen atoms in total. The van der Waals surface area contributed by atoms with E-state index in [1.165, 1.54) is 89.9 Å². The smallest absolute Gasteiger partial charge is 0.142 e. The first-order valence-electron chi connectivity index (χ1n) is 11.9. The highest BCUT2D eigenvalue weighted by Gasteiger charge is 2.07. The number of aromatic hydroxyl groups is 1. The first-order chi connectivity index (χ1) is 14.2. The Hall–Kier alpha value is -1.41. The van der Waals surface area contributed by atoms with Gasteiger partial charge in [0.1, 0.15) is 5.75 Å². The van der Waals surface area contributed by atoms with Crippen molar-refractivity contribution in [2.24, 2.45) is 0 Å². The highest BCUT2D eigenvalue weighted by molar-refractivity contribution is 6.33. The van der Waals surface area contributed by atoms with E-state index in [4.69, 9.17) is 11.6 Å². The molecule has 0 aliphatic carbocycles. The zero-order valence-corrected chi connectivity index (χ0v) is 19.1. The fraction of sp³-hybridized carbons (Fsp3) is 0.615. The molecule has 0 aliphatic rings. The molecule has 2 N–H and O–H groups in total. The van der Waals surface area contributed by atoms with Gasteiger partial charge in [0.2, 0.25) is 0 Å². The third-order valence-corrected chi connectivity index (χ3v) is 6.13. The van der Waals surface area contributed by atoms with Gasteiger partial charge in [-0.05, 0) is 18.6 Å². The van der Waals surface area contributed by atoms with Crippen molar-refractivity contribution in [2.45, 2.75) is 96.8 Å². The minimum atomic E-state index is 0.171. The minimum Gasteiger partial charge on any atom is -0.506 e. The van der Waals surface area contributed by atoms with Crippen LogP contribution in [0.4, 0.5) is 5.69 Å². The Balaban J connectivity index is 1.48. The van der Waals surface area contributed by atoms with Gasteiger partial charge in [0.15, 0.2) is 0 Å². The van der Waals surface area contributed by atoms with Crippen molar-refractivity contribution < 1.29 is 5.11 Å². The van der Waals surface area contributed by atoms with Crippen LogP contribution in [0.25, 0.3) is 10.8 Å². The van der Waals surface area contributed by atoms with Gasteiger partial charge >= 0.3 is 0 Å². The molecule has 0 saturated heterocycles. The van der Waals surface area contributed by atoms with E-state index in [-0.39, 0.29) is 5.75 Å². The van der Waals surface area contributed by atoms with Gasteiger partial charge in [0.05, 0.1) is 5.02 Å². The van der Waals surface area contributed by atoms with Gasteiger partial charge in [-0.1, -0.05) is 120 Å². The summed E-state index contributed by atoms with van der Waals surface area (Å²) < 4.78 is 0. The van der Waals surface area contributed by atoms with E-state index in [0.29, 0.717) is 5.02 Å². The molecule has 0 saturated carbocycles. The van der Waals surface area contributed by atoms with Gasteiger partial charge in [-0.3, -0.25) is 0 Å². The summed E-state index contributed by atoms with van der Waals surface area (Å²) in [5, 5.41) is 15.9. The van der Waals surface area contributed by atoms with Crippen molar-refractivity contribution in [1.82, 2.24) is 0 Å². The number of hydrogen-bond acceptors (Lipinski definition) is 2. The highest BCUT2D eigenvalue weighted by atomic mass is 35.5. The first-order valence-corrected chi connectivity index (χ1v) is 12.3. The van der Waals surface area contributed by atoms with Crippen LogP contribution in [0.15, 0.2) is 30.3 Å². The van der Waals surface area contributed by atoms with Gasteiger partial charge < -0.3 is 10.4 Å². The molecule has 0 fully saturated rings. The van der Waals surface area contributed by atoms with Crippen LogP contribution in [0.5, 0.6) is 5.75 Å². The molecule has 2 aromatic carbocycles. The van der Waals surface area contributed by atoms with Crippen LogP contribution in [0.3, 0.4) is 0 Å². The van der Waals surface area contributed by atoms with Crippen LogP contribution in [-0.2, 0) is 0 Å². The van der Waals surface area contributed by atoms with Gasteiger partial charge in [-0.2, -0.15) is 0 Å². The van der Waals surface area contributed by atoms with Gasteiger partial charge in [-0.15, -0.1) is 0 Å². The second-order valence-corrected chi connectivity index (χ2v) is 8.73. The topological polar surface area (TPSA) is 32.3 Å². The van der Waals surface area contributed by atoms with Crippen LogP contribution in [-0.4, -0.2) is 11.7 Å². The van der Waals surface area contributed by atoms with E-state index in [1.807, 2.05) is 18.2 Å². The standard InChI is InChI=1S/C26H40ClNO/c1-2-3-4-5-6-7-8-9-10-11-12-13-14-15-21-28-25-18-16-17-23-22(25)19-20-24(27)26(23)29/h16-20,28-29H,2-15,21H2,1H3. The lowest BCUT2D eigenvalue weighted by Crippen LogP contribution is -2.01. The zero-order chi connectivity index (χ0) is 20.7. The second-order valence-electron chi connectivity index (χ2n) is 8.32. The minimum absolute atomic E-state index is 0.171. The van der Waals surface area contributed by atoms with E-state index in [2.05, 4.69) is 18.3 Å². The molecule has 0 aliphatic heterocycles. The molecule has 3 heteroatoms. The maximum Gasteiger partial charge on any atom is 0.142 e. The molecule has 0 bridgehead atoms. The number of benzene rings is 2. The lowest BCUT2D eigenvalue weighted by molar-refractivity contribution is 0.482. The monoisotopic (exact) mass is 417 g/mol. The van der Waals surface area contributed by atoms with Crippen molar-refractivity contribution >= 4 is 28.1 Å². The van der Waals surface area contributed by atoms with Gasteiger partial charge in [-0.25, -0.2) is 0 Å². The van der Waals surface area contributed by atoms with Crippen LogP contribution >= 0.6 is 11.6 Å². The Labute approximate surface area is 183 Å². The maximum atomic E-state index is 10.1. The average Bonchev–Trinajstić information content (AvgIpc) is 2.73. The van der Waals surface area contributed by atoms with Crippen molar-refractivity contribution in [3.8, 4) is 5.75 Å². The summed E-state index contributed by atoms with van der Waals surface area (Å²) in [5.41, 5.74) is 1.07. The number of hydrogen-bond donors (Lipinski definition) is 2. The van der Waals surface area contributed by atoms with Gasteiger partial charge in [0.25, 0.3) is 0 Å². The molecule has 0 spiro atoms. The van der Waals surface area contributed by atoms with Crippen molar-refractivity contribution in [2.75, 3.05) is 11.9 Å². The molecule has 29 heavy (non-hydrogen) atoms. The molecule has 0 unspecified atom stereocenters. The largest absolute Gasteiger partial charge is 0.506 e. The van der Waals surface area contributed by atoms with E-state index < -0.39 is 0 Å². The fourth-order valence-electron chi connectivity index (χ4n) is 4.01. The average molecular weight is 418 g/mol. The Morgan fingerprint density at radius 3 is 1.83 bits per heavy atom. The molecule has 162 valence electrons. The van der Waals surface area contributed by atoms with Crippen molar-refractivity contribution in [3.63, 3.8) is 0 Å². The molecular formula is C26H40ClNO. The summed E-state index contributed by atoms with van der Waals surface area (Å²) in [6.07, 6.45) is 19.4. The molecule has 0 radical (unpaired) electrons.